The molecule has 0 saturated heterocycles. The van der Waals surface area contributed by atoms with E-state index in [0.29, 0.717) is 12.5 Å². The normalized spacial score (nSPS) is 24.1. The van der Waals surface area contributed by atoms with Crippen LogP contribution in [0.5, 0.6) is 0 Å². The van der Waals surface area contributed by atoms with Gasteiger partial charge < -0.3 is 5.73 Å². The van der Waals surface area contributed by atoms with Gasteiger partial charge in [0, 0.05) is 12.7 Å². The lowest BCUT2D eigenvalue weighted by atomic mass is 10.2. The third-order valence-corrected chi connectivity index (χ3v) is 3.06. The Labute approximate surface area is 86.9 Å². The number of nitrogens with one attached hydrogen (secondary N) is 1. The molecule has 0 spiro atoms. The van der Waals surface area contributed by atoms with Crippen molar-refractivity contribution < 1.29 is 0 Å². The fourth-order valence-electron chi connectivity index (χ4n) is 1.95. The summed E-state index contributed by atoms with van der Waals surface area (Å²) in [6.45, 7) is 2.81. The molecule has 1 fully saturated rings. The molecule has 5 heteroatoms. The Bertz CT molecular complexity index is 474. The molecule has 0 aromatic carbocycles. The van der Waals surface area contributed by atoms with Crippen LogP contribution < -0.4 is 17.0 Å². The van der Waals surface area contributed by atoms with Crippen molar-refractivity contribution in [3.05, 3.63) is 27.0 Å². The molecule has 0 bridgehead atoms. The van der Waals surface area contributed by atoms with Crippen molar-refractivity contribution in [1.82, 2.24) is 9.55 Å². The van der Waals surface area contributed by atoms with Crippen LogP contribution in [0.1, 0.15) is 19.8 Å². The number of anilines is 1. The molecule has 0 aliphatic heterocycles. The number of aromatic amines is 1. The van der Waals surface area contributed by atoms with Gasteiger partial charge in [0.1, 0.15) is 5.69 Å². The zero-order valence-electron chi connectivity index (χ0n) is 8.69. The Balaban J connectivity index is 2.19. The van der Waals surface area contributed by atoms with E-state index in [9.17, 15) is 9.59 Å². The summed E-state index contributed by atoms with van der Waals surface area (Å²) in [5, 5.41) is 0. The van der Waals surface area contributed by atoms with Crippen molar-refractivity contribution in [3.63, 3.8) is 0 Å². The largest absolute Gasteiger partial charge is 0.393 e. The molecule has 5 nitrogen and oxygen atoms in total. The second-order valence-electron chi connectivity index (χ2n) is 4.16. The van der Waals surface area contributed by atoms with Crippen LogP contribution in [0, 0.1) is 11.8 Å². The number of aromatic nitrogens is 2. The monoisotopic (exact) mass is 209 g/mol. The number of hydrogen-bond donors (Lipinski definition) is 2. The first-order chi connectivity index (χ1) is 7.11. The van der Waals surface area contributed by atoms with Gasteiger partial charge in [-0.3, -0.25) is 14.3 Å². The van der Waals surface area contributed by atoms with E-state index in [0.717, 1.165) is 12.3 Å². The van der Waals surface area contributed by atoms with E-state index in [1.54, 1.807) is 0 Å². The van der Waals surface area contributed by atoms with Crippen molar-refractivity contribution in [3.8, 4) is 0 Å². The summed E-state index contributed by atoms with van der Waals surface area (Å²) < 4.78 is 1.50. The number of hydrogen-bond acceptors (Lipinski definition) is 3. The van der Waals surface area contributed by atoms with Gasteiger partial charge in [0.05, 0.1) is 0 Å². The van der Waals surface area contributed by atoms with Crippen molar-refractivity contribution in [2.45, 2.75) is 26.3 Å². The summed E-state index contributed by atoms with van der Waals surface area (Å²) in [5.74, 6) is 1.29. The topological polar surface area (TPSA) is 80.9 Å². The SMILES string of the molecule is CC[C@@H]1C[C@H]1Cn1cc(N)c(=O)[nH]c1=O. The lowest BCUT2D eigenvalue weighted by Gasteiger charge is -2.04. The molecule has 82 valence electrons. The maximum absolute atomic E-state index is 11.4. The Morgan fingerprint density at radius 2 is 2.27 bits per heavy atom. The van der Waals surface area contributed by atoms with Crippen molar-refractivity contribution in [1.29, 1.82) is 0 Å². The molecular weight excluding hydrogens is 194 g/mol. The second kappa shape index (κ2) is 3.56. The highest BCUT2D eigenvalue weighted by Gasteiger charge is 2.35. The van der Waals surface area contributed by atoms with Gasteiger partial charge in [-0.15, -0.1) is 0 Å². The minimum atomic E-state index is -0.501. The molecule has 2 atom stereocenters. The molecule has 15 heavy (non-hydrogen) atoms. The van der Waals surface area contributed by atoms with E-state index in [1.807, 2.05) is 0 Å². The number of nitrogens with two attached hydrogens (primary N) is 1. The lowest BCUT2D eigenvalue weighted by molar-refractivity contribution is 0.547. The maximum Gasteiger partial charge on any atom is 0.328 e. The van der Waals surface area contributed by atoms with E-state index in [-0.39, 0.29) is 11.4 Å². The van der Waals surface area contributed by atoms with Gasteiger partial charge in [-0.25, -0.2) is 4.79 Å². The standard InChI is InChI=1S/C10H15N3O2/c1-2-6-3-7(6)4-13-5-8(11)9(14)12-10(13)15/h5-7H,2-4,11H2,1H3,(H,12,14,15)/t6-,7+/m1/s1. The van der Waals surface area contributed by atoms with E-state index < -0.39 is 5.56 Å². The first-order valence-electron chi connectivity index (χ1n) is 5.21. The van der Waals surface area contributed by atoms with Crippen LogP contribution in [0.25, 0.3) is 0 Å². The van der Waals surface area contributed by atoms with Crippen LogP contribution in [0.3, 0.4) is 0 Å². The molecule has 1 saturated carbocycles. The minimum absolute atomic E-state index is 0.100. The van der Waals surface area contributed by atoms with E-state index in [1.165, 1.54) is 17.2 Å². The van der Waals surface area contributed by atoms with Crippen LogP contribution in [0.4, 0.5) is 5.69 Å². The molecule has 1 aliphatic rings. The Morgan fingerprint density at radius 3 is 2.87 bits per heavy atom. The zero-order chi connectivity index (χ0) is 11.0. The van der Waals surface area contributed by atoms with Gasteiger partial charge in [-0.05, 0) is 18.3 Å². The van der Waals surface area contributed by atoms with Gasteiger partial charge in [-0.1, -0.05) is 13.3 Å². The minimum Gasteiger partial charge on any atom is -0.393 e. The van der Waals surface area contributed by atoms with Crippen molar-refractivity contribution >= 4 is 5.69 Å². The van der Waals surface area contributed by atoms with Gasteiger partial charge in [-0.2, -0.15) is 0 Å². The van der Waals surface area contributed by atoms with E-state index >= 15 is 0 Å². The summed E-state index contributed by atoms with van der Waals surface area (Å²) in [6.07, 6.45) is 3.76. The first kappa shape index (κ1) is 10.0. The lowest BCUT2D eigenvalue weighted by Crippen LogP contribution is -2.31. The molecule has 1 aliphatic carbocycles. The summed E-state index contributed by atoms with van der Waals surface area (Å²) in [4.78, 5) is 24.6. The van der Waals surface area contributed by atoms with E-state index in [4.69, 9.17) is 5.73 Å². The van der Waals surface area contributed by atoms with Crippen molar-refractivity contribution in [2.75, 3.05) is 5.73 Å². The van der Waals surface area contributed by atoms with Gasteiger partial charge in [0.25, 0.3) is 5.56 Å². The van der Waals surface area contributed by atoms with Crippen LogP contribution in [-0.2, 0) is 6.54 Å². The molecule has 2 rings (SSSR count). The average Bonchev–Trinajstić information content (AvgIpc) is 2.93. The molecule has 0 amide bonds. The smallest absolute Gasteiger partial charge is 0.328 e. The predicted molar refractivity (Wildman–Crippen MR) is 57.6 cm³/mol. The van der Waals surface area contributed by atoms with E-state index in [2.05, 4.69) is 11.9 Å². The molecule has 3 N–H and O–H groups in total. The second-order valence-corrected chi connectivity index (χ2v) is 4.16. The average molecular weight is 209 g/mol. The summed E-state index contributed by atoms with van der Waals surface area (Å²) in [5.41, 5.74) is 4.68. The fraction of sp³-hybridized carbons (Fsp3) is 0.600. The van der Waals surface area contributed by atoms with Crippen LogP contribution in [0.2, 0.25) is 0 Å². The number of nitrogen functional groups attached to an aromatic ring is 1. The number of nitrogens with zero attached hydrogens (tertiary/aromatic N) is 1. The summed E-state index contributed by atoms with van der Waals surface area (Å²) in [7, 11) is 0. The van der Waals surface area contributed by atoms with Gasteiger partial charge >= 0.3 is 5.69 Å². The van der Waals surface area contributed by atoms with Crippen molar-refractivity contribution in [2.24, 2.45) is 11.8 Å². The van der Waals surface area contributed by atoms with Gasteiger partial charge in [0.2, 0.25) is 0 Å². The molecular formula is C10H15N3O2. The summed E-state index contributed by atoms with van der Waals surface area (Å²) in [6, 6.07) is 0. The van der Waals surface area contributed by atoms with Crippen LogP contribution in [0.15, 0.2) is 15.8 Å². The quantitative estimate of drug-likeness (QED) is 0.744. The molecule has 1 aromatic rings. The summed E-state index contributed by atoms with van der Waals surface area (Å²) >= 11 is 0. The Morgan fingerprint density at radius 1 is 1.53 bits per heavy atom. The Hall–Kier alpha value is -1.52. The molecule has 1 aromatic heterocycles. The molecule has 0 unspecified atom stereocenters. The fourth-order valence-corrected chi connectivity index (χ4v) is 1.95. The Kier molecular flexibility index (Phi) is 2.38. The number of rotatable bonds is 3. The maximum atomic E-state index is 11.4. The van der Waals surface area contributed by atoms with Crippen LogP contribution in [-0.4, -0.2) is 9.55 Å². The zero-order valence-corrected chi connectivity index (χ0v) is 8.69. The predicted octanol–water partition coefficient (Wildman–Crippen LogP) is 0.165. The third kappa shape index (κ3) is 1.95. The highest BCUT2D eigenvalue weighted by molar-refractivity contribution is 5.30. The highest BCUT2D eigenvalue weighted by Crippen LogP contribution is 2.41. The first-order valence-corrected chi connectivity index (χ1v) is 5.21. The van der Waals surface area contributed by atoms with Gasteiger partial charge in [0.15, 0.2) is 0 Å². The highest BCUT2D eigenvalue weighted by atomic mass is 16.2. The van der Waals surface area contributed by atoms with Crippen LogP contribution >= 0.6 is 0 Å². The third-order valence-electron chi connectivity index (χ3n) is 3.06. The number of H-pyrrole nitrogens is 1. The molecule has 1 heterocycles. The molecule has 0 radical (unpaired) electrons.